The van der Waals surface area contributed by atoms with Crippen LogP contribution in [-0.2, 0) is 6.42 Å². The highest BCUT2D eigenvalue weighted by Gasteiger charge is 2.28. The van der Waals surface area contributed by atoms with Crippen LogP contribution in [0.5, 0.6) is 11.5 Å². The minimum absolute atomic E-state index is 0.0986. The Bertz CT molecular complexity index is 1410. The average molecular weight is 453 g/mol. The molecule has 0 fully saturated rings. The summed E-state index contributed by atoms with van der Waals surface area (Å²) in [5.74, 6) is 0.597. The quantitative estimate of drug-likeness (QED) is 0.446. The summed E-state index contributed by atoms with van der Waals surface area (Å²) in [6.45, 7) is 0. The first-order chi connectivity index (χ1) is 16.5. The molecule has 0 saturated heterocycles. The number of carbonyl (C=O) groups excluding carboxylic acids is 1. The number of nitrogens with one attached hydrogen (secondary N) is 1. The van der Waals surface area contributed by atoms with Crippen molar-refractivity contribution in [2.24, 2.45) is 0 Å². The predicted molar refractivity (Wildman–Crippen MR) is 132 cm³/mol. The van der Waals surface area contributed by atoms with Crippen molar-refractivity contribution in [1.82, 2.24) is 4.57 Å². The molecule has 2 N–H and O–H groups in total. The van der Waals surface area contributed by atoms with Gasteiger partial charge in [-0.2, -0.15) is 0 Å². The lowest BCUT2D eigenvalue weighted by Gasteiger charge is -2.17. The molecule has 34 heavy (non-hydrogen) atoms. The van der Waals surface area contributed by atoms with Crippen LogP contribution >= 0.6 is 0 Å². The van der Waals surface area contributed by atoms with Crippen molar-refractivity contribution < 1.29 is 14.6 Å². The Morgan fingerprint density at radius 2 is 1.68 bits per heavy atom. The SMILES string of the molecule is COc1cccc2c1CCC2n1cccc(C(=O)Nc2ccc(-c3ccc(O)cc3)cc2)c1=O. The number of nitrogens with zero attached hydrogens (tertiary/aromatic N) is 1. The molecule has 0 saturated carbocycles. The van der Waals surface area contributed by atoms with E-state index in [1.54, 1.807) is 54.3 Å². The van der Waals surface area contributed by atoms with Crippen LogP contribution in [0.15, 0.2) is 89.9 Å². The number of carbonyl (C=O) groups is 1. The summed E-state index contributed by atoms with van der Waals surface area (Å²) in [6.07, 6.45) is 3.34. The van der Waals surface area contributed by atoms with Gasteiger partial charge in [-0.25, -0.2) is 0 Å². The number of pyridine rings is 1. The fourth-order valence-electron chi connectivity index (χ4n) is 4.61. The van der Waals surface area contributed by atoms with E-state index in [2.05, 4.69) is 5.32 Å². The third-order valence-corrected chi connectivity index (χ3v) is 6.31. The van der Waals surface area contributed by atoms with Crippen LogP contribution in [0.25, 0.3) is 11.1 Å². The molecule has 1 heterocycles. The molecule has 1 unspecified atom stereocenters. The van der Waals surface area contributed by atoms with Gasteiger partial charge in [0.1, 0.15) is 17.1 Å². The molecule has 1 aliphatic carbocycles. The number of amides is 1. The largest absolute Gasteiger partial charge is 0.508 e. The van der Waals surface area contributed by atoms with Gasteiger partial charge in [-0.15, -0.1) is 0 Å². The smallest absolute Gasteiger partial charge is 0.263 e. The Balaban J connectivity index is 1.38. The molecule has 1 aliphatic rings. The molecule has 4 aromatic rings. The number of fused-ring (bicyclic) bond motifs is 1. The number of aromatic hydroxyl groups is 1. The molecule has 1 amide bonds. The van der Waals surface area contributed by atoms with Crippen LogP contribution < -0.4 is 15.6 Å². The molecule has 3 aromatic carbocycles. The van der Waals surface area contributed by atoms with Gasteiger partial charge in [0.15, 0.2) is 0 Å². The summed E-state index contributed by atoms with van der Waals surface area (Å²) in [5, 5.41) is 12.3. The van der Waals surface area contributed by atoms with Gasteiger partial charge in [-0.1, -0.05) is 36.4 Å². The van der Waals surface area contributed by atoms with Gasteiger partial charge in [-0.05, 0) is 77.6 Å². The fraction of sp³-hybridized carbons (Fsp3) is 0.143. The average Bonchev–Trinajstić information content (AvgIpc) is 3.29. The van der Waals surface area contributed by atoms with Crippen molar-refractivity contribution in [3.63, 3.8) is 0 Å². The summed E-state index contributed by atoms with van der Waals surface area (Å²) >= 11 is 0. The van der Waals surface area contributed by atoms with E-state index in [0.717, 1.165) is 40.8 Å². The summed E-state index contributed by atoms with van der Waals surface area (Å²) in [4.78, 5) is 26.2. The second-order valence-corrected chi connectivity index (χ2v) is 8.30. The van der Waals surface area contributed by atoms with E-state index in [-0.39, 0.29) is 22.9 Å². The topological polar surface area (TPSA) is 80.6 Å². The lowest BCUT2D eigenvalue weighted by atomic mass is 10.1. The Morgan fingerprint density at radius 1 is 0.971 bits per heavy atom. The number of rotatable bonds is 5. The van der Waals surface area contributed by atoms with E-state index in [0.29, 0.717) is 5.69 Å². The number of phenolic OH excluding ortho intramolecular Hbond substituents is 1. The van der Waals surface area contributed by atoms with Crippen molar-refractivity contribution in [1.29, 1.82) is 0 Å². The van der Waals surface area contributed by atoms with E-state index >= 15 is 0 Å². The number of phenols is 1. The van der Waals surface area contributed by atoms with E-state index in [4.69, 9.17) is 4.74 Å². The third-order valence-electron chi connectivity index (χ3n) is 6.31. The Kier molecular flexibility index (Phi) is 5.64. The van der Waals surface area contributed by atoms with Crippen LogP contribution in [-0.4, -0.2) is 22.7 Å². The number of benzene rings is 3. The van der Waals surface area contributed by atoms with Crippen LogP contribution in [0.4, 0.5) is 5.69 Å². The van der Waals surface area contributed by atoms with Gasteiger partial charge < -0.3 is 19.7 Å². The summed E-state index contributed by atoms with van der Waals surface area (Å²) in [7, 11) is 1.65. The Labute approximate surface area is 197 Å². The molecule has 6 heteroatoms. The van der Waals surface area contributed by atoms with Gasteiger partial charge >= 0.3 is 0 Å². The molecular weight excluding hydrogens is 428 g/mol. The lowest BCUT2D eigenvalue weighted by Crippen LogP contribution is -2.30. The first kappa shape index (κ1) is 21.5. The molecule has 0 radical (unpaired) electrons. The van der Waals surface area contributed by atoms with Gasteiger partial charge in [0.05, 0.1) is 13.2 Å². The van der Waals surface area contributed by atoms with E-state index in [9.17, 15) is 14.7 Å². The summed E-state index contributed by atoms with van der Waals surface area (Å²) in [5.41, 5.74) is 4.46. The first-order valence-electron chi connectivity index (χ1n) is 11.1. The van der Waals surface area contributed by atoms with E-state index in [1.165, 1.54) is 0 Å². The van der Waals surface area contributed by atoms with E-state index < -0.39 is 5.91 Å². The zero-order valence-corrected chi connectivity index (χ0v) is 18.7. The van der Waals surface area contributed by atoms with Gasteiger partial charge in [0, 0.05) is 11.9 Å². The summed E-state index contributed by atoms with van der Waals surface area (Å²) in [6, 6.07) is 23.3. The molecule has 1 aromatic heterocycles. The zero-order valence-electron chi connectivity index (χ0n) is 18.7. The normalized spacial score (nSPS) is 14.4. The maximum Gasteiger partial charge on any atom is 0.263 e. The fourth-order valence-corrected chi connectivity index (χ4v) is 4.61. The Morgan fingerprint density at radius 3 is 2.38 bits per heavy atom. The van der Waals surface area contributed by atoms with Crippen molar-refractivity contribution >= 4 is 11.6 Å². The highest BCUT2D eigenvalue weighted by Crippen LogP contribution is 2.38. The Hall–Kier alpha value is -4.32. The predicted octanol–water partition coefficient (Wildman–Crippen LogP) is 5.02. The third kappa shape index (κ3) is 3.94. The molecule has 170 valence electrons. The molecule has 0 bridgehead atoms. The van der Waals surface area contributed by atoms with Gasteiger partial charge in [0.2, 0.25) is 0 Å². The van der Waals surface area contributed by atoms with E-state index in [1.807, 2.05) is 42.5 Å². The minimum Gasteiger partial charge on any atom is -0.508 e. The lowest BCUT2D eigenvalue weighted by molar-refractivity contribution is 0.102. The summed E-state index contributed by atoms with van der Waals surface area (Å²) < 4.78 is 7.13. The molecule has 6 nitrogen and oxygen atoms in total. The van der Waals surface area contributed by atoms with Crippen LogP contribution in [0, 0.1) is 0 Å². The van der Waals surface area contributed by atoms with Crippen LogP contribution in [0.1, 0.15) is 33.9 Å². The second kappa shape index (κ2) is 8.90. The van der Waals surface area contributed by atoms with Gasteiger partial charge in [-0.3, -0.25) is 9.59 Å². The number of aromatic nitrogens is 1. The first-order valence-corrected chi connectivity index (χ1v) is 11.1. The highest BCUT2D eigenvalue weighted by atomic mass is 16.5. The van der Waals surface area contributed by atoms with Crippen molar-refractivity contribution in [3.05, 3.63) is 112 Å². The van der Waals surface area contributed by atoms with Crippen molar-refractivity contribution in [3.8, 4) is 22.6 Å². The zero-order chi connectivity index (χ0) is 23.7. The number of anilines is 1. The minimum atomic E-state index is -0.444. The standard InChI is InChI=1S/C28H24N2O4/c1-34-26-6-2-4-22-23(26)15-16-25(22)30-17-3-5-24(28(30)33)27(32)29-20-11-7-18(8-12-20)19-9-13-21(31)14-10-19/h2-14,17,25,31H,15-16H2,1H3,(H,29,32). The maximum atomic E-state index is 13.3. The van der Waals surface area contributed by atoms with Crippen LogP contribution in [0.2, 0.25) is 0 Å². The maximum absolute atomic E-state index is 13.3. The number of hydrogen-bond donors (Lipinski definition) is 2. The molecular formula is C28H24N2O4. The van der Waals surface area contributed by atoms with Gasteiger partial charge in [0.25, 0.3) is 11.5 Å². The highest BCUT2D eigenvalue weighted by molar-refractivity contribution is 6.04. The van der Waals surface area contributed by atoms with Crippen molar-refractivity contribution in [2.45, 2.75) is 18.9 Å². The molecule has 1 atom stereocenters. The van der Waals surface area contributed by atoms with Crippen molar-refractivity contribution in [2.75, 3.05) is 12.4 Å². The number of hydrogen-bond acceptors (Lipinski definition) is 4. The number of ether oxygens (including phenoxy) is 1. The monoisotopic (exact) mass is 452 g/mol. The second-order valence-electron chi connectivity index (χ2n) is 8.30. The van der Waals surface area contributed by atoms with Crippen LogP contribution in [0.3, 0.4) is 0 Å². The molecule has 0 aliphatic heterocycles. The number of methoxy groups -OCH3 is 1. The molecule has 5 rings (SSSR count). The molecule has 0 spiro atoms.